The summed E-state index contributed by atoms with van der Waals surface area (Å²) < 4.78 is 177. The Morgan fingerprint density at radius 2 is 1.24 bits per heavy atom. The molecule has 0 atom stereocenters. The van der Waals surface area contributed by atoms with Crippen LogP contribution in [0.4, 0.5) is 0 Å². The average molecular weight is 1010 g/mol. The summed E-state index contributed by atoms with van der Waals surface area (Å²) in [6, 6.07) is 37.3. The van der Waals surface area contributed by atoms with Crippen molar-refractivity contribution in [3.63, 3.8) is 0 Å². The number of aromatic nitrogens is 4. The number of imidazole rings is 1. The first-order valence-corrected chi connectivity index (χ1v) is 24.9. The number of aryl methyl sites for hydroxylation is 3. The molecule has 0 saturated heterocycles. The molecule has 0 radical (unpaired) electrons. The number of nitrogens with zero attached hydrogens (tertiary/aromatic N) is 4. The minimum absolute atomic E-state index is 0.0149. The Kier molecular flexibility index (Phi) is 7.73. The number of para-hydroxylation sites is 1. The van der Waals surface area contributed by atoms with Crippen LogP contribution in [-0.2, 0) is 10.8 Å². The van der Waals surface area contributed by atoms with Crippen LogP contribution in [0.5, 0.6) is 11.5 Å². The van der Waals surface area contributed by atoms with E-state index in [2.05, 4.69) is 33.2 Å². The van der Waals surface area contributed by atoms with Gasteiger partial charge in [-0.1, -0.05) is 187 Å². The van der Waals surface area contributed by atoms with Crippen LogP contribution in [0.3, 0.4) is 0 Å². The van der Waals surface area contributed by atoms with Gasteiger partial charge in [0.1, 0.15) is 17.3 Å². The van der Waals surface area contributed by atoms with E-state index in [9.17, 15) is 2.74 Å². The van der Waals surface area contributed by atoms with Gasteiger partial charge in [-0.15, -0.1) is 0 Å². The minimum Gasteiger partial charge on any atom is -0.458 e. The predicted octanol–water partition coefficient (Wildman–Crippen LogP) is 18.2. The molecule has 0 spiro atoms. The van der Waals surface area contributed by atoms with Crippen molar-refractivity contribution in [2.75, 3.05) is 0 Å². The van der Waals surface area contributed by atoms with E-state index in [-0.39, 0.29) is 62.3 Å². The van der Waals surface area contributed by atoms with Gasteiger partial charge in [0.25, 0.3) is 6.33 Å². The smallest absolute Gasteiger partial charge is 0.269 e. The fraction of sp³-hybridized carbons (Fsp3) is 0.155. The molecule has 3 aromatic heterocycles. The predicted molar refractivity (Wildman–Crippen MR) is 316 cm³/mol. The first kappa shape index (κ1) is 31.2. The van der Waals surface area contributed by atoms with E-state index in [0.29, 0.717) is 67.2 Å². The maximum Gasteiger partial charge on any atom is 0.269 e. The summed E-state index contributed by atoms with van der Waals surface area (Å²) in [5, 5.41) is 1.55. The van der Waals surface area contributed by atoms with Crippen LogP contribution in [0.15, 0.2) is 212 Å². The summed E-state index contributed by atoms with van der Waals surface area (Å²) in [4.78, 5) is 4.73. The second-order valence-corrected chi connectivity index (χ2v) is 20.9. The normalized spacial score (nSPS) is 16.1. The Hall–Kier alpha value is -8.80. The molecule has 5 heteroatoms. The molecular weight excluding hydrogens is 925 g/mol. The molecule has 9 aromatic carbocycles. The Bertz CT molecular complexity index is 5070. The molecule has 3 heterocycles. The zero-order valence-electron chi connectivity index (χ0n) is 61.6. The van der Waals surface area contributed by atoms with E-state index in [1.54, 1.807) is 57.7 Å². The maximum atomic E-state index is 9.18. The van der Waals surface area contributed by atoms with Gasteiger partial charge in [0.15, 0.2) is 0 Å². The molecule has 0 aliphatic heterocycles. The number of ether oxygens (including phenoxy) is 1. The Morgan fingerprint density at radius 1 is 0.526 bits per heavy atom. The number of hydrogen-bond acceptors (Lipinski definition) is 2. The minimum atomic E-state index is -2.84. The summed E-state index contributed by atoms with van der Waals surface area (Å²) >= 11 is 0. The molecule has 0 amide bonds. The second kappa shape index (κ2) is 18.8. The molecule has 5 nitrogen and oxygen atoms in total. The van der Waals surface area contributed by atoms with Crippen LogP contribution in [-0.4, -0.2) is 14.1 Å². The molecule has 12 rings (SSSR count). The molecule has 0 N–H and O–H groups in total. The second-order valence-electron chi connectivity index (χ2n) is 20.9. The summed E-state index contributed by atoms with van der Waals surface area (Å²) in [5.41, 5.74) is 4.94. The zero-order chi connectivity index (χ0) is 68.7. The standard InChI is InChI=1S/C71H62N4O/c1-46-21-18-22-47(2)68(46)52-33-36-64-66(41-52)73(45-74(64)69-60(51-27-19-28-54(38-51)70(4,5)6)39-53(40-62(69)71(7,8)9)49-23-12-10-13-24-49)55-29-20-30-56(42-55)76-57-34-35-59-58-31-16-17-32-63(58)75(65(59)43-57)67-37-48(3)61(44-72-67)50-25-14-11-15-26-50/h10-44H,1-9H3/i1D3,2D3,3D3,10D,11D,12D,13D,14D,15D,23D,24D,25D,26D. The molecule has 372 valence electrons. The third-order valence-electron chi connectivity index (χ3n) is 13.8. The zero-order valence-corrected chi connectivity index (χ0v) is 42.6. The van der Waals surface area contributed by atoms with E-state index in [1.165, 1.54) is 30.5 Å². The van der Waals surface area contributed by atoms with Gasteiger partial charge in [-0.05, 0) is 153 Å². The fourth-order valence-corrected chi connectivity index (χ4v) is 10.1. The lowest BCUT2D eigenvalue weighted by molar-refractivity contribution is -0.572. The Morgan fingerprint density at radius 3 is 1.99 bits per heavy atom. The monoisotopic (exact) mass is 1010 g/mol. The Balaban J connectivity index is 1.08. The van der Waals surface area contributed by atoms with Gasteiger partial charge in [-0.3, -0.25) is 13.7 Å². The summed E-state index contributed by atoms with van der Waals surface area (Å²) in [6.07, 6.45) is 4.89. The molecule has 76 heavy (non-hydrogen) atoms. The van der Waals surface area contributed by atoms with Gasteiger partial charge >= 0.3 is 0 Å². The maximum absolute atomic E-state index is 9.18. The van der Waals surface area contributed by atoms with Crippen molar-refractivity contribution < 1.29 is 35.3 Å². The van der Waals surface area contributed by atoms with Crippen molar-refractivity contribution in [2.24, 2.45) is 0 Å². The lowest BCUT2D eigenvalue weighted by Gasteiger charge is -2.28. The highest BCUT2D eigenvalue weighted by Crippen LogP contribution is 2.42. The lowest BCUT2D eigenvalue weighted by atomic mass is 9.80. The molecule has 0 aliphatic rings. The van der Waals surface area contributed by atoms with E-state index in [4.69, 9.17) is 33.0 Å². The first-order chi connectivity index (χ1) is 44.4. The van der Waals surface area contributed by atoms with E-state index in [0.717, 1.165) is 21.9 Å². The lowest BCUT2D eigenvalue weighted by Crippen LogP contribution is -2.35. The molecule has 12 aromatic rings. The largest absolute Gasteiger partial charge is 0.458 e. The van der Waals surface area contributed by atoms with Gasteiger partial charge in [0, 0.05) is 40.9 Å². The van der Waals surface area contributed by atoms with Crippen molar-refractivity contribution in [3.05, 3.63) is 246 Å². The number of pyridine rings is 1. The Labute approximate surface area is 473 Å². The number of hydrogen-bond donors (Lipinski definition) is 0. The highest BCUT2D eigenvalue weighted by Gasteiger charge is 2.28. The van der Waals surface area contributed by atoms with Crippen LogP contribution in [0.25, 0.3) is 94.5 Å². The van der Waals surface area contributed by atoms with E-state index in [1.807, 2.05) is 92.1 Å². The van der Waals surface area contributed by atoms with Crippen molar-refractivity contribution >= 4 is 32.8 Å². The van der Waals surface area contributed by atoms with Crippen LogP contribution in [0.1, 0.15) is 95.4 Å². The molecule has 0 aliphatic carbocycles. The summed E-state index contributed by atoms with van der Waals surface area (Å²) in [5.74, 6) is 0.846. The molecule has 0 unspecified atom stereocenters. The van der Waals surface area contributed by atoms with Gasteiger partial charge in [-0.25, -0.2) is 4.98 Å². The molecule has 0 saturated carbocycles. The highest BCUT2D eigenvalue weighted by molar-refractivity contribution is 6.09. The van der Waals surface area contributed by atoms with E-state index >= 15 is 0 Å². The topological polar surface area (TPSA) is 35.9 Å². The highest BCUT2D eigenvalue weighted by atomic mass is 16.5. The third kappa shape index (κ3) is 8.75. The molecule has 0 fully saturated rings. The first-order valence-electron chi connectivity index (χ1n) is 34.4. The SMILES string of the molecule is [2H]c1c([2H])c([2H])c(-c2cc(-c3cccc(C(C)(C)C)c3)c(-[n+]3[c-]n(-c4cccc(Oc5ccc6c7ccccc7n(-c7cc(C([2H])([2H])[2H])c(-c8c([2H])c([2H])c([2H])c([2H])c8[2H])cn7)c6c5)c4)c4cc(-c5c(C([2H])([2H])[2H])cccc5C([2H])([2H])[2H])ccc43)c(C(C)(C)C)c2)c([2H])c1[2H]. The molecule has 0 bridgehead atoms. The summed E-state index contributed by atoms with van der Waals surface area (Å²) in [7, 11) is 0. The van der Waals surface area contributed by atoms with Crippen molar-refractivity contribution in [3.8, 4) is 73.2 Å². The van der Waals surface area contributed by atoms with Crippen LogP contribution in [0.2, 0.25) is 0 Å². The van der Waals surface area contributed by atoms with Crippen molar-refractivity contribution in [1.82, 2.24) is 14.1 Å². The van der Waals surface area contributed by atoms with E-state index < -0.39 is 74.3 Å². The average Bonchev–Trinajstić information content (AvgIpc) is 1.53. The van der Waals surface area contributed by atoms with Crippen LogP contribution in [0, 0.1) is 26.9 Å². The quantitative estimate of drug-likeness (QED) is 0.107. The van der Waals surface area contributed by atoms with Crippen molar-refractivity contribution in [2.45, 2.75) is 72.9 Å². The fourth-order valence-electron chi connectivity index (χ4n) is 10.1. The van der Waals surface area contributed by atoms with Gasteiger partial charge in [0.2, 0.25) is 0 Å². The van der Waals surface area contributed by atoms with Gasteiger partial charge in [0.05, 0.1) is 47.1 Å². The van der Waals surface area contributed by atoms with Gasteiger partial charge in [-0.2, -0.15) is 0 Å². The number of fused-ring (bicyclic) bond motifs is 4. The number of rotatable bonds is 9. The van der Waals surface area contributed by atoms with Crippen LogP contribution < -0.4 is 9.30 Å². The van der Waals surface area contributed by atoms with Gasteiger partial charge < -0.3 is 4.74 Å². The third-order valence-corrected chi connectivity index (χ3v) is 13.8. The summed E-state index contributed by atoms with van der Waals surface area (Å²) in [6.45, 7) is 4.02. The van der Waals surface area contributed by atoms with Crippen molar-refractivity contribution in [1.29, 1.82) is 0 Å². The number of benzene rings is 9. The molecular formula is C71H62N4O. The van der Waals surface area contributed by atoms with Crippen LogP contribution >= 0.6 is 0 Å².